The Morgan fingerprint density at radius 1 is 0.889 bits per heavy atom. The molecule has 0 fully saturated rings. The average molecular weight is 500 g/mol. The summed E-state index contributed by atoms with van der Waals surface area (Å²) in [5, 5.41) is 0. The molecule has 36 heavy (non-hydrogen) atoms. The fraction of sp³-hybridized carbons (Fsp3) is 0.379. The van der Waals surface area contributed by atoms with E-state index >= 15 is 0 Å². The quantitative estimate of drug-likeness (QED) is 0.144. The summed E-state index contributed by atoms with van der Waals surface area (Å²) in [4.78, 5) is 16.5. The second-order valence-electron chi connectivity index (χ2n) is 8.97. The van der Waals surface area contributed by atoms with Gasteiger partial charge in [-0.2, -0.15) is 0 Å². The van der Waals surface area contributed by atoms with Crippen molar-refractivity contribution in [2.24, 2.45) is 0 Å². The molecule has 0 saturated heterocycles. The molecule has 0 aliphatic heterocycles. The smallest absolute Gasteiger partial charge is 0.348 e. The van der Waals surface area contributed by atoms with E-state index in [2.05, 4.69) is 4.98 Å². The normalized spacial score (nSPS) is 12.7. The Hall–Kier alpha value is -3.35. The number of halogens is 3. The summed E-state index contributed by atoms with van der Waals surface area (Å²) < 4.78 is 53.9. The monoisotopic (exact) mass is 499 g/mol. The maximum absolute atomic E-state index is 14.5. The zero-order valence-electron chi connectivity index (χ0n) is 21.0. The molecule has 0 radical (unpaired) electrons. The lowest BCUT2D eigenvalue weighted by Crippen LogP contribution is -2.34. The predicted molar refractivity (Wildman–Crippen MR) is 135 cm³/mol. The highest BCUT2D eigenvalue weighted by Crippen LogP contribution is 2.30. The van der Waals surface area contributed by atoms with Gasteiger partial charge in [0.1, 0.15) is 5.75 Å². The first-order valence-electron chi connectivity index (χ1n) is 12.3. The topological polar surface area (TPSA) is 48.4 Å². The molecule has 3 aromatic rings. The maximum atomic E-state index is 14.5. The van der Waals surface area contributed by atoms with E-state index in [4.69, 9.17) is 9.47 Å². The Kier molecular flexibility index (Phi) is 9.51. The molecule has 1 heterocycles. The van der Waals surface area contributed by atoms with Gasteiger partial charge in [-0.3, -0.25) is 4.98 Å². The summed E-state index contributed by atoms with van der Waals surface area (Å²) in [6.45, 7) is 5.47. The van der Waals surface area contributed by atoms with Gasteiger partial charge in [0.15, 0.2) is 17.4 Å². The van der Waals surface area contributed by atoms with Crippen molar-refractivity contribution in [1.82, 2.24) is 4.98 Å². The zero-order chi connectivity index (χ0) is 26.1. The number of nitrogens with zero attached hydrogens (tertiary/aromatic N) is 1. The van der Waals surface area contributed by atoms with Crippen LogP contribution in [0.5, 0.6) is 11.5 Å². The van der Waals surface area contributed by atoms with Crippen molar-refractivity contribution in [3.63, 3.8) is 0 Å². The molecule has 0 bridgehead atoms. The van der Waals surface area contributed by atoms with Crippen LogP contribution in [-0.4, -0.2) is 23.2 Å². The summed E-state index contributed by atoms with van der Waals surface area (Å²) in [7, 11) is 0. The number of rotatable bonds is 12. The fourth-order valence-electron chi connectivity index (χ4n) is 3.65. The van der Waals surface area contributed by atoms with Crippen LogP contribution in [0.2, 0.25) is 0 Å². The number of esters is 1. The van der Waals surface area contributed by atoms with Gasteiger partial charge in [-0.15, -0.1) is 0 Å². The Labute approximate surface area is 210 Å². The standard InChI is InChI=1S/C29H32F3NO3/c1-4-6-8-16-35-27-24(30)17-22(18-25(27)31)26-14-11-21(19-33-26)20-9-12-23(13-10-20)36-28(34)29(3,32)15-7-5-2/h9-14,17-19H,4-8,15-16H2,1-3H3/t29-/m0/s1. The molecule has 0 N–H and O–H groups in total. The minimum absolute atomic E-state index is 0.112. The van der Waals surface area contributed by atoms with Gasteiger partial charge in [-0.05, 0) is 62.1 Å². The van der Waals surface area contributed by atoms with Crippen molar-refractivity contribution in [2.45, 2.75) is 65.0 Å². The summed E-state index contributed by atoms with van der Waals surface area (Å²) in [5.74, 6) is -2.57. The molecule has 3 rings (SSSR count). The second-order valence-corrected chi connectivity index (χ2v) is 8.97. The van der Waals surface area contributed by atoms with Gasteiger partial charge in [-0.25, -0.2) is 18.0 Å². The Morgan fingerprint density at radius 3 is 2.11 bits per heavy atom. The first-order valence-corrected chi connectivity index (χ1v) is 12.3. The van der Waals surface area contributed by atoms with E-state index in [1.165, 1.54) is 19.1 Å². The van der Waals surface area contributed by atoms with Crippen LogP contribution in [0.4, 0.5) is 13.2 Å². The van der Waals surface area contributed by atoms with Gasteiger partial charge < -0.3 is 9.47 Å². The van der Waals surface area contributed by atoms with Crippen LogP contribution in [0.1, 0.15) is 59.3 Å². The van der Waals surface area contributed by atoms with Gasteiger partial charge in [0.25, 0.3) is 0 Å². The van der Waals surface area contributed by atoms with Crippen LogP contribution in [0, 0.1) is 11.6 Å². The van der Waals surface area contributed by atoms with E-state index in [1.807, 2.05) is 13.8 Å². The molecule has 0 aliphatic rings. The third-order valence-electron chi connectivity index (χ3n) is 5.88. The molecule has 4 nitrogen and oxygen atoms in total. The molecule has 1 aromatic heterocycles. The molecule has 0 spiro atoms. The highest BCUT2D eigenvalue weighted by molar-refractivity contribution is 5.81. The van der Waals surface area contributed by atoms with Crippen LogP contribution >= 0.6 is 0 Å². The number of carbonyl (C=O) groups excluding carboxylic acids is 1. The Balaban J connectivity index is 1.68. The first kappa shape index (κ1) is 27.2. The number of aromatic nitrogens is 1. The van der Waals surface area contributed by atoms with Crippen molar-refractivity contribution in [2.75, 3.05) is 6.61 Å². The molecule has 1 atom stereocenters. The first-order chi connectivity index (χ1) is 17.2. The van der Waals surface area contributed by atoms with Gasteiger partial charge in [-0.1, -0.05) is 51.3 Å². The lowest BCUT2D eigenvalue weighted by molar-refractivity contribution is -0.147. The van der Waals surface area contributed by atoms with E-state index in [9.17, 15) is 18.0 Å². The molecular formula is C29H32F3NO3. The zero-order valence-corrected chi connectivity index (χ0v) is 21.0. The molecule has 2 aromatic carbocycles. The summed E-state index contributed by atoms with van der Waals surface area (Å²) >= 11 is 0. The molecular weight excluding hydrogens is 467 g/mol. The SMILES string of the molecule is CCCCCOc1c(F)cc(-c2ccc(-c3ccc(OC(=O)[C@@](C)(F)CCCC)cc3)cn2)cc1F. The number of hydrogen-bond donors (Lipinski definition) is 0. The second kappa shape index (κ2) is 12.6. The third kappa shape index (κ3) is 7.09. The maximum Gasteiger partial charge on any atom is 0.348 e. The van der Waals surface area contributed by atoms with Crippen LogP contribution in [0.3, 0.4) is 0 Å². The number of carbonyl (C=O) groups is 1. The number of pyridine rings is 1. The highest BCUT2D eigenvalue weighted by Gasteiger charge is 2.34. The fourth-order valence-corrected chi connectivity index (χ4v) is 3.65. The van der Waals surface area contributed by atoms with Gasteiger partial charge in [0, 0.05) is 17.3 Å². The largest absolute Gasteiger partial charge is 0.488 e. The van der Waals surface area contributed by atoms with Crippen LogP contribution in [0.25, 0.3) is 22.4 Å². The van der Waals surface area contributed by atoms with Crippen molar-refractivity contribution < 1.29 is 27.4 Å². The van der Waals surface area contributed by atoms with Crippen LogP contribution in [0.15, 0.2) is 54.7 Å². The predicted octanol–water partition coefficient (Wildman–Crippen LogP) is 8.09. The van der Waals surface area contributed by atoms with Crippen molar-refractivity contribution in [3.8, 4) is 33.9 Å². The molecule has 0 unspecified atom stereocenters. The number of unbranched alkanes of at least 4 members (excludes halogenated alkanes) is 3. The van der Waals surface area contributed by atoms with E-state index in [0.29, 0.717) is 17.7 Å². The van der Waals surface area contributed by atoms with Crippen molar-refractivity contribution in [3.05, 3.63) is 66.4 Å². The average Bonchev–Trinajstić information content (AvgIpc) is 2.87. The van der Waals surface area contributed by atoms with E-state index < -0.39 is 23.3 Å². The Bertz CT molecular complexity index is 1120. The number of hydrogen-bond acceptors (Lipinski definition) is 4. The Morgan fingerprint density at radius 2 is 1.53 bits per heavy atom. The van der Waals surface area contributed by atoms with Gasteiger partial charge in [0.2, 0.25) is 5.67 Å². The molecule has 0 aliphatic carbocycles. The molecule has 0 saturated carbocycles. The van der Waals surface area contributed by atoms with Crippen molar-refractivity contribution >= 4 is 5.97 Å². The van der Waals surface area contributed by atoms with E-state index in [0.717, 1.165) is 36.8 Å². The van der Waals surface area contributed by atoms with Crippen LogP contribution in [-0.2, 0) is 4.79 Å². The summed E-state index contributed by atoms with van der Waals surface area (Å²) in [6.07, 6.45) is 5.74. The number of ether oxygens (including phenoxy) is 2. The van der Waals surface area contributed by atoms with Crippen molar-refractivity contribution in [1.29, 1.82) is 0 Å². The number of benzene rings is 2. The van der Waals surface area contributed by atoms with Gasteiger partial charge in [0.05, 0.1) is 12.3 Å². The molecule has 192 valence electrons. The number of alkyl halides is 1. The summed E-state index contributed by atoms with van der Waals surface area (Å²) in [6, 6.07) is 12.5. The lowest BCUT2D eigenvalue weighted by atomic mass is 10.0. The highest BCUT2D eigenvalue weighted by atomic mass is 19.1. The molecule has 7 heteroatoms. The molecule has 0 amide bonds. The van der Waals surface area contributed by atoms with E-state index in [-0.39, 0.29) is 24.5 Å². The minimum Gasteiger partial charge on any atom is -0.488 e. The third-order valence-corrected chi connectivity index (χ3v) is 5.88. The lowest BCUT2D eigenvalue weighted by Gasteiger charge is -2.18. The summed E-state index contributed by atoms with van der Waals surface area (Å²) in [5.41, 5.74) is 0.223. The van der Waals surface area contributed by atoms with E-state index in [1.54, 1.807) is 42.6 Å². The minimum atomic E-state index is -2.03. The van der Waals surface area contributed by atoms with Crippen LogP contribution < -0.4 is 9.47 Å². The van der Waals surface area contributed by atoms with Gasteiger partial charge >= 0.3 is 5.97 Å².